The zero-order chi connectivity index (χ0) is 12.3. The van der Waals surface area contributed by atoms with Crippen LogP contribution in [-0.4, -0.2) is 15.3 Å². The summed E-state index contributed by atoms with van der Waals surface area (Å²) in [6.07, 6.45) is 0. The normalized spacial score (nSPS) is 12.2. The van der Waals surface area contributed by atoms with Gasteiger partial charge in [0.05, 0.1) is 26.3 Å². The second-order valence-corrected chi connectivity index (χ2v) is 6.01. The Balaban J connectivity index is 2.25. The highest BCUT2D eigenvalue weighted by atomic mass is 32.2. The van der Waals surface area contributed by atoms with Crippen molar-refractivity contribution in [2.24, 2.45) is 0 Å². The van der Waals surface area contributed by atoms with E-state index in [1.165, 1.54) is 17.4 Å². The number of aromatic carboxylic acids is 1. The molecule has 0 aliphatic rings. The first-order valence-electron chi connectivity index (χ1n) is 4.91. The van der Waals surface area contributed by atoms with E-state index >= 15 is 0 Å². The van der Waals surface area contributed by atoms with E-state index in [-0.39, 0.29) is 11.3 Å². The van der Waals surface area contributed by atoms with E-state index in [1.807, 2.05) is 11.4 Å². The van der Waals surface area contributed by atoms with E-state index in [0.717, 1.165) is 4.21 Å². The van der Waals surface area contributed by atoms with Crippen molar-refractivity contribution in [2.75, 3.05) is 0 Å². The summed E-state index contributed by atoms with van der Waals surface area (Å²) >= 11 is 1.42. The molecule has 2 aromatic rings. The van der Waals surface area contributed by atoms with Gasteiger partial charge in [-0.1, -0.05) is 24.3 Å². The minimum Gasteiger partial charge on any atom is -0.478 e. The van der Waals surface area contributed by atoms with Gasteiger partial charge in [-0.3, -0.25) is 4.21 Å². The Bertz CT molecular complexity index is 547. The molecular formula is C12H10O3S2. The minimum atomic E-state index is -1.17. The summed E-state index contributed by atoms with van der Waals surface area (Å²) in [5.74, 6) is -0.744. The molecule has 3 nitrogen and oxygen atoms in total. The van der Waals surface area contributed by atoms with E-state index in [4.69, 9.17) is 5.11 Å². The highest BCUT2D eigenvalue weighted by molar-refractivity contribution is 7.86. The molecule has 1 unspecified atom stereocenters. The molecule has 17 heavy (non-hydrogen) atoms. The lowest BCUT2D eigenvalue weighted by atomic mass is 10.1. The average Bonchev–Trinajstić information content (AvgIpc) is 2.83. The molecule has 0 spiro atoms. The second-order valence-electron chi connectivity index (χ2n) is 3.38. The van der Waals surface area contributed by atoms with Crippen LogP contribution in [0.25, 0.3) is 0 Å². The van der Waals surface area contributed by atoms with Crippen molar-refractivity contribution in [2.45, 2.75) is 9.96 Å². The molecule has 5 heteroatoms. The molecule has 0 bridgehead atoms. The number of rotatable bonds is 4. The third kappa shape index (κ3) is 2.81. The van der Waals surface area contributed by atoms with Gasteiger partial charge in [0.15, 0.2) is 0 Å². The van der Waals surface area contributed by atoms with Crippen LogP contribution in [0.15, 0.2) is 46.0 Å². The summed E-state index contributed by atoms with van der Waals surface area (Å²) in [4.78, 5) is 11.0. The Morgan fingerprint density at radius 1 is 1.24 bits per heavy atom. The Morgan fingerprint density at radius 3 is 2.65 bits per heavy atom. The summed E-state index contributed by atoms with van der Waals surface area (Å²) in [5.41, 5.74) is 0.823. The van der Waals surface area contributed by atoms with Crippen molar-refractivity contribution >= 4 is 28.1 Å². The maximum atomic E-state index is 12.0. The zero-order valence-electron chi connectivity index (χ0n) is 8.83. The molecule has 0 fully saturated rings. The van der Waals surface area contributed by atoms with Gasteiger partial charge in [0, 0.05) is 0 Å². The molecule has 0 saturated carbocycles. The summed E-state index contributed by atoms with van der Waals surface area (Å²) in [7, 11) is -1.17. The summed E-state index contributed by atoms with van der Waals surface area (Å²) in [5, 5.41) is 10.9. The van der Waals surface area contributed by atoms with E-state index < -0.39 is 16.8 Å². The molecule has 0 saturated heterocycles. The van der Waals surface area contributed by atoms with Crippen LogP contribution in [0, 0.1) is 0 Å². The first-order valence-corrected chi connectivity index (χ1v) is 7.11. The molecule has 0 aliphatic heterocycles. The molecule has 0 aliphatic carbocycles. The highest BCUT2D eigenvalue weighted by Gasteiger charge is 2.13. The fourth-order valence-corrected chi connectivity index (χ4v) is 3.59. The molecular weight excluding hydrogens is 256 g/mol. The van der Waals surface area contributed by atoms with Crippen molar-refractivity contribution in [3.05, 3.63) is 52.9 Å². The van der Waals surface area contributed by atoms with E-state index in [0.29, 0.717) is 5.56 Å². The maximum Gasteiger partial charge on any atom is 0.335 e. The first-order chi connectivity index (χ1) is 8.18. The highest BCUT2D eigenvalue weighted by Crippen LogP contribution is 2.19. The van der Waals surface area contributed by atoms with Crippen molar-refractivity contribution in [1.29, 1.82) is 0 Å². The van der Waals surface area contributed by atoms with Gasteiger partial charge < -0.3 is 5.11 Å². The third-order valence-electron chi connectivity index (χ3n) is 2.25. The van der Waals surface area contributed by atoms with Crippen molar-refractivity contribution < 1.29 is 14.1 Å². The van der Waals surface area contributed by atoms with Gasteiger partial charge in [0.2, 0.25) is 0 Å². The largest absolute Gasteiger partial charge is 0.478 e. The zero-order valence-corrected chi connectivity index (χ0v) is 10.5. The Morgan fingerprint density at radius 2 is 2.00 bits per heavy atom. The van der Waals surface area contributed by atoms with Gasteiger partial charge in [0.1, 0.15) is 0 Å². The molecule has 1 aromatic heterocycles. The summed E-state index contributed by atoms with van der Waals surface area (Å²) in [6, 6.07) is 10.3. The number of hydrogen-bond donors (Lipinski definition) is 1. The third-order valence-corrected chi connectivity index (χ3v) is 4.92. The summed E-state index contributed by atoms with van der Waals surface area (Å²) in [6.45, 7) is 0. The SMILES string of the molecule is O=C(O)c1ccccc1CS(=O)c1cccs1. The Hall–Kier alpha value is -1.46. The van der Waals surface area contributed by atoms with Gasteiger partial charge >= 0.3 is 5.97 Å². The lowest BCUT2D eigenvalue weighted by Crippen LogP contribution is -2.04. The molecule has 1 atom stereocenters. The maximum absolute atomic E-state index is 12.0. The van der Waals surface area contributed by atoms with Gasteiger partial charge in [0.25, 0.3) is 0 Å². The van der Waals surface area contributed by atoms with Crippen LogP contribution in [0.2, 0.25) is 0 Å². The number of carboxylic acids is 1. The number of benzene rings is 1. The van der Waals surface area contributed by atoms with Crippen LogP contribution >= 0.6 is 11.3 Å². The molecule has 1 heterocycles. The predicted octanol–water partition coefficient (Wildman–Crippen LogP) is 2.75. The molecule has 1 aromatic carbocycles. The van der Waals surface area contributed by atoms with E-state index in [2.05, 4.69) is 0 Å². The monoisotopic (exact) mass is 266 g/mol. The first kappa shape index (κ1) is 12.0. The number of thiophene rings is 1. The van der Waals surface area contributed by atoms with E-state index in [9.17, 15) is 9.00 Å². The smallest absolute Gasteiger partial charge is 0.335 e. The molecule has 0 amide bonds. The lowest BCUT2D eigenvalue weighted by Gasteiger charge is -2.04. The van der Waals surface area contributed by atoms with Gasteiger partial charge in [-0.2, -0.15) is 0 Å². The van der Waals surface area contributed by atoms with Gasteiger partial charge in [-0.25, -0.2) is 4.79 Å². The number of carboxylic acid groups (broad SMARTS) is 1. The van der Waals surface area contributed by atoms with Crippen molar-refractivity contribution in [3.63, 3.8) is 0 Å². The lowest BCUT2D eigenvalue weighted by molar-refractivity contribution is 0.0696. The van der Waals surface area contributed by atoms with Crippen LogP contribution in [0.3, 0.4) is 0 Å². The predicted molar refractivity (Wildman–Crippen MR) is 67.8 cm³/mol. The summed E-state index contributed by atoms with van der Waals surface area (Å²) < 4.78 is 12.7. The minimum absolute atomic E-state index is 0.220. The van der Waals surface area contributed by atoms with Crippen molar-refractivity contribution in [3.8, 4) is 0 Å². The van der Waals surface area contributed by atoms with E-state index in [1.54, 1.807) is 24.3 Å². The standard InChI is InChI=1S/C12H10O3S2/c13-12(14)10-5-2-1-4-9(10)8-17(15)11-6-3-7-16-11/h1-7H,8H2,(H,13,14). The van der Waals surface area contributed by atoms with Crippen LogP contribution in [0.5, 0.6) is 0 Å². The molecule has 2 rings (SSSR count). The van der Waals surface area contributed by atoms with Crippen LogP contribution in [0.1, 0.15) is 15.9 Å². The van der Waals surface area contributed by atoms with Crippen molar-refractivity contribution in [1.82, 2.24) is 0 Å². The van der Waals surface area contributed by atoms with Gasteiger partial charge in [-0.15, -0.1) is 11.3 Å². The fraction of sp³-hybridized carbons (Fsp3) is 0.0833. The average molecular weight is 266 g/mol. The quantitative estimate of drug-likeness (QED) is 0.925. The second kappa shape index (κ2) is 5.25. The van der Waals surface area contributed by atoms with Crippen LogP contribution in [0.4, 0.5) is 0 Å². The Labute approximate surface area is 105 Å². The fourth-order valence-electron chi connectivity index (χ4n) is 1.46. The number of hydrogen-bond acceptors (Lipinski definition) is 3. The molecule has 88 valence electrons. The van der Waals surface area contributed by atoms with Crippen LogP contribution in [-0.2, 0) is 16.6 Å². The number of carbonyl (C=O) groups is 1. The topological polar surface area (TPSA) is 54.4 Å². The molecule has 1 N–H and O–H groups in total. The molecule has 0 radical (unpaired) electrons. The van der Waals surface area contributed by atoms with Crippen LogP contribution < -0.4 is 0 Å². The Kier molecular flexibility index (Phi) is 3.71. The van der Waals surface area contributed by atoms with Gasteiger partial charge in [-0.05, 0) is 23.1 Å².